The highest BCUT2D eigenvalue weighted by molar-refractivity contribution is 5.77. The van der Waals surface area contributed by atoms with Gasteiger partial charge < -0.3 is 19.7 Å². The van der Waals surface area contributed by atoms with Crippen LogP contribution in [0.3, 0.4) is 0 Å². The minimum absolute atomic E-state index is 0.0000146. The number of aromatic nitrogens is 2. The monoisotopic (exact) mass is 317 g/mol. The van der Waals surface area contributed by atoms with Gasteiger partial charge in [0.25, 0.3) is 0 Å². The maximum atomic E-state index is 12.4. The van der Waals surface area contributed by atoms with E-state index in [0.29, 0.717) is 32.4 Å². The normalized spacial score (nSPS) is 25.0. The Morgan fingerprint density at radius 3 is 2.96 bits per heavy atom. The fraction of sp³-hybridized carbons (Fsp3) is 0.529. The predicted molar refractivity (Wildman–Crippen MR) is 86.8 cm³/mol. The summed E-state index contributed by atoms with van der Waals surface area (Å²) in [7, 11) is 0. The Kier molecular flexibility index (Phi) is 4.37. The molecule has 124 valence electrons. The Hall–Kier alpha value is -1.92. The quantitative estimate of drug-likeness (QED) is 0.887. The zero-order valence-corrected chi connectivity index (χ0v) is 13.4. The number of amides is 1. The molecule has 2 heterocycles. The van der Waals surface area contributed by atoms with Gasteiger partial charge in [-0.2, -0.15) is 0 Å². The lowest BCUT2D eigenvalue weighted by Gasteiger charge is -2.41. The van der Waals surface area contributed by atoms with Crippen LogP contribution in [0.5, 0.6) is 0 Å². The van der Waals surface area contributed by atoms with Crippen LogP contribution in [0.15, 0.2) is 30.6 Å². The molecule has 1 aliphatic rings. The maximum Gasteiger partial charge on any atom is 0.224 e. The van der Waals surface area contributed by atoms with Gasteiger partial charge in [-0.3, -0.25) is 4.79 Å². The van der Waals surface area contributed by atoms with Crippen LogP contribution in [0.4, 0.5) is 0 Å². The summed E-state index contributed by atoms with van der Waals surface area (Å²) in [6.45, 7) is 3.10. The number of nitrogens with zero attached hydrogens (tertiary/aromatic N) is 3. The third-order valence-electron chi connectivity index (χ3n) is 4.89. The molecular weight excluding hydrogens is 294 g/mol. The van der Waals surface area contributed by atoms with Crippen LogP contribution in [0, 0.1) is 0 Å². The number of hydrogen-bond donors (Lipinski definition) is 2. The number of likely N-dealkylation sites (tertiary alicyclic amines) is 1. The lowest BCUT2D eigenvalue weighted by atomic mass is 9.86. The molecule has 6 nitrogen and oxygen atoms in total. The second kappa shape index (κ2) is 6.29. The highest BCUT2D eigenvalue weighted by Crippen LogP contribution is 2.26. The minimum Gasteiger partial charge on any atom is -0.388 e. The first kappa shape index (κ1) is 16.0. The third-order valence-corrected chi connectivity index (χ3v) is 4.89. The van der Waals surface area contributed by atoms with Crippen LogP contribution < -0.4 is 0 Å². The largest absolute Gasteiger partial charge is 0.388 e. The van der Waals surface area contributed by atoms with Crippen LogP contribution in [0.1, 0.15) is 26.2 Å². The molecule has 2 aromatic rings. The number of rotatable bonds is 4. The SMILES string of the molecule is CC[C@@]1(O)CCN(C(=O)CCn2cnc3ccccc32)C[C@H]1O. The summed E-state index contributed by atoms with van der Waals surface area (Å²) in [5, 5.41) is 20.3. The van der Waals surface area contributed by atoms with E-state index in [-0.39, 0.29) is 12.5 Å². The second-order valence-electron chi connectivity index (χ2n) is 6.24. The Morgan fingerprint density at radius 1 is 1.43 bits per heavy atom. The zero-order valence-electron chi connectivity index (χ0n) is 13.4. The van der Waals surface area contributed by atoms with Gasteiger partial charge in [0.1, 0.15) is 6.10 Å². The number of aliphatic hydroxyl groups excluding tert-OH is 1. The molecular formula is C17H23N3O3. The number of carbonyl (C=O) groups excluding carboxylic acids is 1. The van der Waals surface area contributed by atoms with Crippen molar-refractivity contribution in [2.75, 3.05) is 13.1 Å². The molecule has 2 atom stereocenters. The first-order chi connectivity index (χ1) is 11.0. The molecule has 0 unspecified atom stereocenters. The van der Waals surface area contributed by atoms with E-state index in [1.54, 1.807) is 11.2 Å². The zero-order chi connectivity index (χ0) is 16.4. The van der Waals surface area contributed by atoms with Gasteiger partial charge in [0, 0.05) is 26.1 Å². The summed E-state index contributed by atoms with van der Waals surface area (Å²) in [5.41, 5.74) is 0.873. The molecule has 2 N–H and O–H groups in total. The molecule has 1 fully saturated rings. The number of benzene rings is 1. The molecule has 0 saturated carbocycles. The van der Waals surface area contributed by atoms with Crippen LogP contribution in [-0.4, -0.2) is 55.4 Å². The van der Waals surface area contributed by atoms with Crippen molar-refractivity contribution < 1.29 is 15.0 Å². The standard InChI is InChI=1S/C17H23N3O3/c1-2-17(23)8-10-19(11-15(17)21)16(22)7-9-20-12-18-13-5-3-4-6-14(13)20/h3-6,12,15,21,23H,2,7-11H2,1H3/t15-,17-/m1/s1. The summed E-state index contributed by atoms with van der Waals surface area (Å²) in [6.07, 6.45) is 2.15. The van der Waals surface area contributed by atoms with E-state index in [0.717, 1.165) is 11.0 Å². The molecule has 0 aliphatic carbocycles. The fourth-order valence-corrected chi connectivity index (χ4v) is 3.17. The number of aliphatic hydroxyl groups is 2. The molecule has 0 bridgehead atoms. The van der Waals surface area contributed by atoms with E-state index < -0.39 is 11.7 Å². The second-order valence-corrected chi connectivity index (χ2v) is 6.24. The number of carbonyl (C=O) groups is 1. The van der Waals surface area contributed by atoms with Gasteiger partial charge in [-0.1, -0.05) is 19.1 Å². The van der Waals surface area contributed by atoms with Crippen molar-refractivity contribution in [3.63, 3.8) is 0 Å². The van der Waals surface area contributed by atoms with E-state index in [4.69, 9.17) is 0 Å². The Morgan fingerprint density at radius 2 is 2.22 bits per heavy atom. The number of aryl methyl sites for hydroxylation is 1. The van der Waals surface area contributed by atoms with E-state index in [1.165, 1.54) is 0 Å². The lowest BCUT2D eigenvalue weighted by Crippen LogP contribution is -2.56. The highest BCUT2D eigenvalue weighted by Gasteiger charge is 2.40. The topological polar surface area (TPSA) is 78.6 Å². The van der Waals surface area contributed by atoms with Crippen molar-refractivity contribution in [3.8, 4) is 0 Å². The van der Waals surface area contributed by atoms with Crippen molar-refractivity contribution in [3.05, 3.63) is 30.6 Å². The number of imidazole rings is 1. The molecule has 1 aromatic carbocycles. The van der Waals surface area contributed by atoms with Crippen LogP contribution in [0.2, 0.25) is 0 Å². The molecule has 6 heteroatoms. The van der Waals surface area contributed by atoms with Crippen LogP contribution in [-0.2, 0) is 11.3 Å². The first-order valence-corrected chi connectivity index (χ1v) is 8.11. The molecule has 1 saturated heterocycles. The first-order valence-electron chi connectivity index (χ1n) is 8.11. The number of piperidine rings is 1. The van der Waals surface area contributed by atoms with E-state index in [9.17, 15) is 15.0 Å². The van der Waals surface area contributed by atoms with Crippen molar-refractivity contribution in [1.82, 2.24) is 14.5 Å². The van der Waals surface area contributed by atoms with Crippen molar-refractivity contribution >= 4 is 16.9 Å². The fourth-order valence-electron chi connectivity index (χ4n) is 3.17. The summed E-state index contributed by atoms with van der Waals surface area (Å²) in [6, 6.07) is 7.82. The Labute approximate surface area is 135 Å². The molecule has 0 radical (unpaired) electrons. The summed E-state index contributed by atoms with van der Waals surface area (Å²) in [4.78, 5) is 18.3. The van der Waals surface area contributed by atoms with Gasteiger partial charge in [-0.15, -0.1) is 0 Å². The van der Waals surface area contributed by atoms with E-state index in [1.807, 2.05) is 35.8 Å². The number of para-hydroxylation sites is 2. The van der Waals surface area contributed by atoms with Crippen LogP contribution in [0.25, 0.3) is 11.0 Å². The Bertz CT molecular complexity index is 699. The molecule has 0 spiro atoms. The predicted octanol–water partition coefficient (Wildman–Crippen LogP) is 1.16. The number of β-amino-alcohol motifs (C(OH)–C–C–N with tert-alkyl or cyclic N) is 1. The average Bonchev–Trinajstić information content (AvgIpc) is 2.98. The van der Waals surface area contributed by atoms with Gasteiger partial charge in [0.2, 0.25) is 5.91 Å². The molecule has 1 aliphatic heterocycles. The van der Waals surface area contributed by atoms with Crippen molar-refractivity contribution in [1.29, 1.82) is 0 Å². The van der Waals surface area contributed by atoms with E-state index >= 15 is 0 Å². The summed E-state index contributed by atoms with van der Waals surface area (Å²) >= 11 is 0. The summed E-state index contributed by atoms with van der Waals surface area (Å²) in [5.74, 6) is -0.0000146. The lowest BCUT2D eigenvalue weighted by molar-refractivity contribution is -0.150. The third kappa shape index (κ3) is 3.09. The smallest absolute Gasteiger partial charge is 0.224 e. The maximum absolute atomic E-state index is 12.4. The number of fused-ring (bicyclic) bond motifs is 1. The molecule has 23 heavy (non-hydrogen) atoms. The van der Waals surface area contributed by atoms with Gasteiger partial charge in [0.15, 0.2) is 0 Å². The van der Waals surface area contributed by atoms with Gasteiger partial charge in [-0.05, 0) is 25.0 Å². The van der Waals surface area contributed by atoms with Gasteiger partial charge in [0.05, 0.1) is 23.0 Å². The molecule has 1 amide bonds. The molecule has 3 rings (SSSR count). The van der Waals surface area contributed by atoms with Gasteiger partial charge in [-0.25, -0.2) is 4.98 Å². The van der Waals surface area contributed by atoms with Crippen LogP contribution >= 0.6 is 0 Å². The Balaban J connectivity index is 1.60. The highest BCUT2D eigenvalue weighted by atomic mass is 16.3. The molecule has 1 aromatic heterocycles. The minimum atomic E-state index is -1.06. The summed E-state index contributed by atoms with van der Waals surface area (Å²) < 4.78 is 1.97. The average molecular weight is 317 g/mol. The van der Waals surface area contributed by atoms with Crippen molar-refractivity contribution in [2.45, 2.75) is 44.4 Å². The van der Waals surface area contributed by atoms with E-state index in [2.05, 4.69) is 4.98 Å². The van der Waals surface area contributed by atoms with Gasteiger partial charge >= 0.3 is 0 Å². The number of hydrogen-bond acceptors (Lipinski definition) is 4. The van der Waals surface area contributed by atoms with Crippen molar-refractivity contribution in [2.24, 2.45) is 0 Å².